The fourth-order valence-electron chi connectivity index (χ4n) is 1.07. The summed E-state index contributed by atoms with van der Waals surface area (Å²) in [4.78, 5) is 15.2. The summed E-state index contributed by atoms with van der Waals surface area (Å²) in [6, 6.07) is 2.55. The molecule has 1 N–H and O–H groups in total. The Balaban J connectivity index is 3.06. The van der Waals surface area contributed by atoms with Crippen LogP contribution in [0, 0.1) is 0 Å². The van der Waals surface area contributed by atoms with E-state index in [4.69, 9.17) is 16.3 Å². The number of carbonyl (C=O) groups excluding carboxylic acids is 1. The average Bonchev–Trinajstić information content (AvgIpc) is 2.14. The van der Waals surface area contributed by atoms with E-state index in [0.717, 1.165) is 6.26 Å². The van der Waals surface area contributed by atoms with Gasteiger partial charge in [0, 0.05) is 0 Å². The van der Waals surface area contributed by atoms with Crippen LogP contribution in [0.2, 0.25) is 5.15 Å². The molecule has 0 aliphatic carbocycles. The Bertz CT molecular complexity index is 530. The Hall–Kier alpha value is -1.34. The lowest BCUT2D eigenvalue weighted by Crippen LogP contribution is -2.12. The van der Waals surface area contributed by atoms with E-state index in [-0.39, 0.29) is 23.1 Å². The lowest BCUT2D eigenvalue weighted by atomic mass is 10.2. The second-order valence-corrected chi connectivity index (χ2v) is 5.29. The number of esters is 1. The quantitative estimate of drug-likeness (QED) is 0.662. The monoisotopic (exact) mass is 278 g/mol. The molecule has 0 aliphatic heterocycles. The van der Waals surface area contributed by atoms with Gasteiger partial charge in [0.25, 0.3) is 0 Å². The van der Waals surface area contributed by atoms with Crippen molar-refractivity contribution in [2.24, 2.45) is 0 Å². The van der Waals surface area contributed by atoms with Crippen LogP contribution in [0.25, 0.3) is 0 Å². The smallest absolute Gasteiger partial charge is 0.338 e. The summed E-state index contributed by atoms with van der Waals surface area (Å²) < 4.78 is 28.9. The van der Waals surface area contributed by atoms with Gasteiger partial charge in [-0.1, -0.05) is 11.6 Å². The number of halogens is 1. The van der Waals surface area contributed by atoms with Gasteiger partial charge in [0.1, 0.15) is 11.0 Å². The molecule has 0 spiro atoms. The van der Waals surface area contributed by atoms with Crippen LogP contribution in [-0.4, -0.2) is 32.2 Å². The number of rotatable bonds is 4. The van der Waals surface area contributed by atoms with Crippen molar-refractivity contribution in [2.75, 3.05) is 17.6 Å². The average molecular weight is 279 g/mol. The first-order chi connectivity index (χ1) is 7.81. The summed E-state index contributed by atoms with van der Waals surface area (Å²) in [5.41, 5.74) is 0.137. The Kier molecular flexibility index (Phi) is 4.30. The first kappa shape index (κ1) is 13.7. The van der Waals surface area contributed by atoms with E-state index in [9.17, 15) is 13.2 Å². The number of aromatic nitrogens is 1. The van der Waals surface area contributed by atoms with E-state index in [1.54, 1.807) is 6.92 Å². The highest BCUT2D eigenvalue weighted by Gasteiger charge is 2.12. The van der Waals surface area contributed by atoms with Gasteiger partial charge in [-0.05, 0) is 19.1 Å². The third-order valence-corrected chi connectivity index (χ3v) is 2.37. The lowest BCUT2D eigenvalue weighted by molar-refractivity contribution is 0.0526. The van der Waals surface area contributed by atoms with Gasteiger partial charge >= 0.3 is 5.97 Å². The summed E-state index contributed by atoms with van der Waals surface area (Å²) in [6.45, 7) is 1.88. The van der Waals surface area contributed by atoms with Gasteiger partial charge in [-0.15, -0.1) is 0 Å². The van der Waals surface area contributed by atoms with Crippen molar-refractivity contribution in [1.82, 2.24) is 4.98 Å². The molecule has 0 aromatic carbocycles. The Labute approximate surface area is 104 Å². The van der Waals surface area contributed by atoms with E-state index < -0.39 is 16.0 Å². The fourth-order valence-corrected chi connectivity index (χ4v) is 1.76. The number of pyridine rings is 1. The maximum atomic E-state index is 11.4. The van der Waals surface area contributed by atoms with Gasteiger partial charge in [-0.2, -0.15) is 0 Å². The summed E-state index contributed by atoms with van der Waals surface area (Å²) >= 11 is 5.67. The van der Waals surface area contributed by atoms with E-state index in [1.807, 2.05) is 0 Å². The minimum absolute atomic E-state index is 0.00158. The second-order valence-electron chi connectivity index (χ2n) is 3.16. The molecule has 8 heteroatoms. The van der Waals surface area contributed by atoms with Gasteiger partial charge in [-0.3, -0.25) is 4.72 Å². The maximum absolute atomic E-state index is 11.4. The number of nitrogens with one attached hydrogen (secondary N) is 1. The second kappa shape index (κ2) is 5.33. The number of nitrogens with zero attached hydrogens (tertiary/aromatic N) is 1. The topological polar surface area (TPSA) is 85.4 Å². The molecule has 0 fully saturated rings. The first-order valence-corrected chi connectivity index (χ1v) is 6.91. The third-order valence-electron chi connectivity index (χ3n) is 1.60. The highest BCUT2D eigenvalue weighted by molar-refractivity contribution is 7.92. The number of sulfonamides is 1. The molecule has 0 bridgehead atoms. The van der Waals surface area contributed by atoms with Crippen LogP contribution in [0.5, 0.6) is 0 Å². The zero-order valence-electron chi connectivity index (χ0n) is 9.23. The van der Waals surface area contributed by atoms with Crippen LogP contribution < -0.4 is 4.72 Å². The largest absolute Gasteiger partial charge is 0.462 e. The molecule has 0 saturated heterocycles. The Morgan fingerprint density at radius 1 is 1.53 bits per heavy atom. The van der Waals surface area contributed by atoms with E-state index in [0.29, 0.717) is 0 Å². The van der Waals surface area contributed by atoms with E-state index in [1.165, 1.54) is 12.1 Å². The molecule has 0 unspecified atom stereocenters. The molecule has 94 valence electrons. The summed E-state index contributed by atoms with van der Waals surface area (Å²) in [5, 5.41) is 0.00158. The minimum Gasteiger partial charge on any atom is -0.462 e. The molecule has 1 rings (SSSR count). The van der Waals surface area contributed by atoms with Gasteiger partial charge in [0.05, 0.1) is 18.4 Å². The van der Waals surface area contributed by atoms with Gasteiger partial charge in [-0.25, -0.2) is 18.2 Å². The molecule has 0 atom stereocenters. The number of carbonyl (C=O) groups is 1. The molecule has 1 heterocycles. The molecule has 0 saturated carbocycles. The summed E-state index contributed by atoms with van der Waals surface area (Å²) in [6.07, 6.45) is 0.972. The third kappa shape index (κ3) is 4.58. The van der Waals surface area contributed by atoms with Crippen molar-refractivity contribution >= 4 is 33.4 Å². The zero-order valence-corrected chi connectivity index (χ0v) is 10.8. The maximum Gasteiger partial charge on any atom is 0.338 e. The van der Waals surface area contributed by atoms with Crippen molar-refractivity contribution in [1.29, 1.82) is 0 Å². The molecule has 1 aromatic rings. The van der Waals surface area contributed by atoms with Crippen LogP contribution in [0.15, 0.2) is 12.1 Å². The molecule has 0 amide bonds. The molecular weight excluding hydrogens is 268 g/mol. The zero-order chi connectivity index (χ0) is 13.1. The molecule has 6 nitrogen and oxygen atoms in total. The molecule has 1 aromatic heterocycles. The van der Waals surface area contributed by atoms with Gasteiger partial charge in [0.15, 0.2) is 0 Å². The van der Waals surface area contributed by atoms with Crippen LogP contribution in [0.3, 0.4) is 0 Å². The van der Waals surface area contributed by atoms with Crippen molar-refractivity contribution < 1.29 is 17.9 Å². The highest BCUT2D eigenvalue weighted by atomic mass is 35.5. The minimum atomic E-state index is -3.47. The molecular formula is C9H11ClN2O4S. The van der Waals surface area contributed by atoms with Crippen molar-refractivity contribution in [3.63, 3.8) is 0 Å². The number of hydrogen-bond acceptors (Lipinski definition) is 5. The van der Waals surface area contributed by atoms with Crippen LogP contribution >= 0.6 is 11.6 Å². The lowest BCUT2D eigenvalue weighted by Gasteiger charge is -2.06. The Morgan fingerprint density at radius 3 is 2.71 bits per heavy atom. The molecule has 0 radical (unpaired) electrons. The van der Waals surface area contributed by atoms with E-state index in [2.05, 4.69) is 9.71 Å². The number of hydrogen-bond donors (Lipinski definition) is 1. The SMILES string of the molecule is CCOC(=O)c1cc(Cl)nc(NS(C)(=O)=O)c1. The van der Waals surface area contributed by atoms with Crippen molar-refractivity contribution in [2.45, 2.75) is 6.92 Å². The predicted octanol–water partition coefficient (Wildman–Crippen LogP) is 1.28. The van der Waals surface area contributed by atoms with Gasteiger partial charge in [0.2, 0.25) is 10.0 Å². The summed E-state index contributed by atoms with van der Waals surface area (Å²) in [7, 11) is -3.47. The van der Waals surface area contributed by atoms with E-state index >= 15 is 0 Å². The van der Waals surface area contributed by atoms with Crippen molar-refractivity contribution in [3.8, 4) is 0 Å². The normalized spacial score (nSPS) is 11.0. The predicted molar refractivity (Wildman–Crippen MR) is 63.7 cm³/mol. The van der Waals surface area contributed by atoms with Crippen LogP contribution in [0.4, 0.5) is 5.82 Å². The van der Waals surface area contributed by atoms with Crippen LogP contribution in [0.1, 0.15) is 17.3 Å². The Morgan fingerprint density at radius 2 is 2.18 bits per heavy atom. The number of ether oxygens (including phenoxy) is 1. The fraction of sp³-hybridized carbons (Fsp3) is 0.333. The highest BCUT2D eigenvalue weighted by Crippen LogP contribution is 2.16. The number of anilines is 1. The van der Waals surface area contributed by atoms with Crippen molar-refractivity contribution in [3.05, 3.63) is 22.8 Å². The first-order valence-electron chi connectivity index (χ1n) is 4.64. The molecule has 0 aliphatic rings. The van der Waals surface area contributed by atoms with Crippen LogP contribution in [-0.2, 0) is 14.8 Å². The summed E-state index contributed by atoms with van der Waals surface area (Å²) in [5.74, 6) is -0.614. The standard InChI is InChI=1S/C9H11ClN2O4S/c1-3-16-9(13)6-4-7(10)11-8(5-6)12-17(2,14)15/h4-5H,3H2,1-2H3,(H,11,12). The molecule has 17 heavy (non-hydrogen) atoms. The van der Waals surface area contributed by atoms with Gasteiger partial charge < -0.3 is 4.74 Å².